The Labute approximate surface area is 112 Å². The van der Waals surface area contributed by atoms with Crippen LogP contribution in [0.1, 0.15) is 11.6 Å². The molecule has 0 spiro atoms. The molecule has 1 aromatic heterocycles. The molecular weight excluding hydrogens is 312 g/mol. The van der Waals surface area contributed by atoms with Crippen LogP contribution in [0.2, 0.25) is 5.28 Å². The third-order valence-electron chi connectivity index (χ3n) is 2.40. The zero-order chi connectivity index (χ0) is 15.1. The zero-order valence-corrected chi connectivity index (χ0v) is 10.1. The first-order valence-corrected chi connectivity index (χ1v) is 5.35. The summed E-state index contributed by atoms with van der Waals surface area (Å²) in [7, 11) is 0. The summed E-state index contributed by atoms with van der Waals surface area (Å²) in [5.41, 5.74) is -1.41. The van der Waals surface area contributed by atoms with Crippen LogP contribution < -0.4 is 0 Å². The van der Waals surface area contributed by atoms with E-state index in [0.29, 0.717) is 6.33 Å². The minimum atomic E-state index is -5.11. The lowest BCUT2D eigenvalue weighted by Gasteiger charge is -2.22. The van der Waals surface area contributed by atoms with Gasteiger partial charge in [-0.3, -0.25) is 0 Å². The van der Waals surface area contributed by atoms with Gasteiger partial charge in [-0.25, -0.2) is 22.8 Å². The molecule has 0 amide bonds. The van der Waals surface area contributed by atoms with Crippen LogP contribution in [0, 0.1) is 17.5 Å². The molecule has 0 saturated heterocycles. The summed E-state index contributed by atoms with van der Waals surface area (Å²) in [5, 5.41) is 2.48. The van der Waals surface area contributed by atoms with Gasteiger partial charge in [0.1, 0.15) is 23.8 Å². The number of aromatic nitrogens is 3. The number of alkyl halides is 3. The van der Waals surface area contributed by atoms with Crippen LogP contribution in [0.4, 0.5) is 26.3 Å². The van der Waals surface area contributed by atoms with Gasteiger partial charge in [-0.05, 0) is 11.6 Å². The van der Waals surface area contributed by atoms with Gasteiger partial charge in [0.15, 0.2) is 6.04 Å². The van der Waals surface area contributed by atoms with Gasteiger partial charge in [0.2, 0.25) is 5.28 Å². The Morgan fingerprint density at radius 2 is 1.65 bits per heavy atom. The Bertz CT molecular complexity index is 615. The van der Waals surface area contributed by atoms with Crippen LogP contribution in [0.5, 0.6) is 0 Å². The fourth-order valence-corrected chi connectivity index (χ4v) is 1.83. The van der Waals surface area contributed by atoms with E-state index >= 15 is 0 Å². The van der Waals surface area contributed by atoms with E-state index in [0.717, 1.165) is 0 Å². The third-order valence-corrected chi connectivity index (χ3v) is 2.67. The lowest BCUT2D eigenvalue weighted by atomic mass is 10.0. The number of hydrogen-bond acceptors (Lipinski definition) is 2. The van der Waals surface area contributed by atoms with Crippen molar-refractivity contribution in [3.63, 3.8) is 0 Å². The van der Waals surface area contributed by atoms with Crippen LogP contribution >= 0.6 is 11.6 Å². The van der Waals surface area contributed by atoms with E-state index in [1.54, 1.807) is 0 Å². The van der Waals surface area contributed by atoms with Gasteiger partial charge in [-0.1, -0.05) is 0 Å². The third kappa shape index (κ3) is 2.58. The molecule has 0 saturated carbocycles. The first kappa shape index (κ1) is 14.6. The lowest BCUT2D eigenvalue weighted by molar-refractivity contribution is -0.160. The first-order valence-electron chi connectivity index (χ1n) is 4.98. The van der Waals surface area contributed by atoms with Gasteiger partial charge >= 0.3 is 6.18 Å². The molecule has 0 aliphatic carbocycles. The van der Waals surface area contributed by atoms with Gasteiger partial charge in [-0.2, -0.15) is 18.3 Å². The Hall–Kier alpha value is -1.77. The van der Waals surface area contributed by atoms with Crippen LogP contribution in [0.3, 0.4) is 0 Å². The van der Waals surface area contributed by atoms with Crippen molar-refractivity contribution in [2.45, 2.75) is 12.2 Å². The molecule has 0 fully saturated rings. The van der Waals surface area contributed by atoms with E-state index in [2.05, 4.69) is 10.1 Å². The van der Waals surface area contributed by atoms with E-state index < -0.39 is 40.5 Å². The molecule has 1 heterocycles. The fraction of sp³-hybridized carbons (Fsp3) is 0.200. The number of benzene rings is 1. The number of nitrogens with zero attached hydrogens (tertiary/aromatic N) is 3. The van der Waals surface area contributed by atoms with E-state index in [-0.39, 0.29) is 16.8 Å². The van der Waals surface area contributed by atoms with Gasteiger partial charge in [0.25, 0.3) is 0 Å². The number of rotatable bonds is 2. The molecule has 10 heteroatoms. The summed E-state index contributed by atoms with van der Waals surface area (Å²) < 4.78 is 79.0. The molecule has 3 nitrogen and oxygen atoms in total. The molecule has 2 aromatic rings. The minimum Gasteiger partial charge on any atom is -0.219 e. The second kappa shape index (κ2) is 4.97. The summed E-state index contributed by atoms with van der Waals surface area (Å²) in [4.78, 5) is 3.25. The van der Waals surface area contributed by atoms with Gasteiger partial charge in [0, 0.05) is 12.1 Å². The van der Waals surface area contributed by atoms with Crippen molar-refractivity contribution in [1.29, 1.82) is 0 Å². The highest BCUT2D eigenvalue weighted by molar-refractivity contribution is 6.28. The SMILES string of the molecule is Fc1cc(F)c(C(n2ncnc2Cl)C(F)(F)F)c(F)c1. The van der Waals surface area contributed by atoms with Crippen molar-refractivity contribution in [2.24, 2.45) is 0 Å². The first-order chi connectivity index (χ1) is 9.21. The van der Waals surface area contributed by atoms with Crippen molar-refractivity contribution in [3.05, 3.63) is 46.8 Å². The predicted octanol–water partition coefficient (Wildman–Crippen LogP) is 3.50. The molecular formula is C10H4ClF6N3. The van der Waals surface area contributed by atoms with Crippen molar-refractivity contribution < 1.29 is 26.3 Å². The van der Waals surface area contributed by atoms with Gasteiger partial charge in [-0.15, -0.1) is 0 Å². The van der Waals surface area contributed by atoms with Crippen molar-refractivity contribution in [3.8, 4) is 0 Å². The molecule has 1 unspecified atom stereocenters. The largest absolute Gasteiger partial charge is 0.415 e. The highest BCUT2D eigenvalue weighted by atomic mass is 35.5. The molecule has 0 N–H and O–H groups in total. The molecule has 0 radical (unpaired) electrons. The minimum absolute atomic E-state index is 0.0982. The summed E-state index contributed by atoms with van der Waals surface area (Å²) in [6, 6.07) is -2.57. The molecule has 108 valence electrons. The van der Waals surface area contributed by atoms with Gasteiger partial charge < -0.3 is 0 Å². The average Bonchev–Trinajstić information content (AvgIpc) is 2.67. The molecule has 1 aromatic carbocycles. The number of halogens is 7. The average molecular weight is 316 g/mol. The van der Waals surface area contributed by atoms with E-state index in [9.17, 15) is 26.3 Å². The maximum absolute atomic E-state index is 13.5. The highest BCUT2D eigenvalue weighted by Crippen LogP contribution is 2.39. The van der Waals surface area contributed by atoms with Crippen LogP contribution in [-0.2, 0) is 0 Å². The molecule has 20 heavy (non-hydrogen) atoms. The lowest BCUT2D eigenvalue weighted by Crippen LogP contribution is -2.30. The maximum Gasteiger partial charge on any atom is 0.415 e. The van der Waals surface area contributed by atoms with Crippen LogP contribution in [-0.4, -0.2) is 20.9 Å². The summed E-state index contributed by atoms with van der Waals surface area (Å²) in [6.45, 7) is 0. The standard InChI is InChI=1S/C10H4ClF6N3/c11-9-18-3-19-20(9)8(10(15,16)17)7-5(13)1-4(12)2-6(7)14/h1-3,8H. The second-order valence-electron chi connectivity index (χ2n) is 3.70. The van der Waals surface area contributed by atoms with E-state index in [1.807, 2.05) is 0 Å². The van der Waals surface area contributed by atoms with Crippen LogP contribution in [0.15, 0.2) is 18.5 Å². The second-order valence-corrected chi connectivity index (χ2v) is 4.04. The summed E-state index contributed by atoms with van der Waals surface area (Å²) >= 11 is 5.40. The summed E-state index contributed by atoms with van der Waals surface area (Å²) in [5.74, 6) is -4.73. The smallest absolute Gasteiger partial charge is 0.219 e. The quantitative estimate of drug-likeness (QED) is 0.794. The molecule has 0 aliphatic heterocycles. The Balaban J connectivity index is 2.69. The Morgan fingerprint density at radius 1 is 1.10 bits per heavy atom. The maximum atomic E-state index is 13.5. The molecule has 2 rings (SSSR count). The number of hydrogen-bond donors (Lipinski definition) is 0. The topological polar surface area (TPSA) is 30.7 Å². The van der Waals surface area contributed by atoms with Crippen LogP contribution in [0.25, 0.3) is 0 Å². The van der Waals surface area contributed by atoms with Gasteiger partial charge in [0.05, 0.1) is 5.56 Å². The normalized spacial score (nSPS) is 13.6. The Kier molecular flexibility index (Phi) is 3.63. The van der Waals surface area contributed by atoms with Crippen molar-refractivity contribution in [2.75, 3.05) is 0 Å². The molecule has 0 bridgehead atoms. The zero-order valence-electron chi connectivity index (χ0n) is 9.30. The fourth-order valence-electron chi connectivity index (χ4n) is 1.65. The molecule has 0 aliphatic rings. The highest BCUT2D eigenvalue weighted by Gasteiger charge is 2.47. The monoisotopic (exact) mass is 315 g/mol. The van der Waals surface area contributed by atoms with E-state index in [1.165, 1.54) is 0 Å². The van der Waals surface area contributed by atoms with Crippen molar-refractivity contribution in [1.82, 2.24) is 14.8 Å². The van der Waals surface area contributed by atoms with Crippen molar-refractivity contribution >= 4 is 11.6 Å². The Morgan fingerprint density at radius 3 is 2.05 bits per heavy atom. The summed E-state index contributed by atoms with van der Waals surface area (Å²) in [6.07, 6.45) is -4.42. The predicted molar refractivity (Wildman–Crippen MR) is 55.5 cm³/mol. The molecule has 1 atom stereocenters. The van der Waals surface area contributed by atoms with E-state index in [4.69, 9.17) is 11.6 Å².